The second-order valence-electron chi connectivity index (χ2n) is 9.72. The van der Waals surface area contributed by atoms with Crippen LogP contribution in [0.1, 0.15) is 50.7 Å². The Morgan fingerprint density at radius 2 is 1.55 bits per heavy atom. The molecule has 206 valence electrons. The highest BCUT2D eigenvalue weighted by Crippen LogP contribution is 2.07. The fraction of sp³-hybridized carbons (Fsp3) is 0.433. The molecule has 2 rings (SSSR count). The average Bonchev–Trinajstić information content (AvgIpc) is 2.92. The molecule has 0 aromatic heterocycles. The number of hydrazine groups is 1. The normalized spacial score (nSPS) is 11.9. The number of rotatable bonds is 16. The van der Waals surface area contributed by atoms with E-state index in [1.165, 1.54) is 22.7 Å². The Bertz CT molecular complexity index is 995. The molecule has 0 fully saturated rings. The Morgan fingerprint density at radius 1 is 0.895 bits per heavy atom. The lowest BCUT2D eigenvalue weighted by Gasteiger charge is -2.26. The number of nitrogens with two attached hydrogens (primary N) is 1. The minimum atomic E-state index is -0.461. The van der Waals surface area contributed by atoms with Crippen LogP contribution in [0.4, 0.5) is 0 Å². The lowest BCUT2D eigenvalue weighted by Crippen LogP contribution is -2.53. The molecular weight excluding hydrogens is 478 g/mol. The molecule has 0 bridgehead atoms. The number of hydrogen-bond donors (Lipinski definition) is 4. The Balaban J connectivity index is 1.93. The molecule has 0 aliphatic carbocycles. The number of benzene rings is 2. The summed E-state index contributed by atoms with van der Waals surface area (Å²) in [4.78, 5) is 38.3. The molecule has 2 aromatic rings. The number of nitrogens with one attached hydrogen (secondary N) is 3. The number of nitrogens with zero attached hydrogens (tertiary/aromatic N) is 1. The molecule has 1 unspecified atom stereocenters. The molecule has 0 aliphatic heterocycles. The van der Waals surface area contributed by atoms with Gasteiger partial charge in [-0.25, -0.2) is 0 Å². The first-order chi connectivity index (χ1) is 18.4. The van der Waals surface area contributed by atoms with E-state index in [1.807, 2.05) is 48.5 Å². The third-order valence-electron chi connectivity index (χ3n) is 5.93. The van der Waals surface area contributed by atoms with Crippen LogP contribution in [0.3, 0.4) is 0 Å². The van der Waals surface area contributed by atoms with Crippen LogP contribution in [-0.4, -0.2) is 48.4 Å². The van der Waals surface area contributed by atoms with Crippen LogP contribution in [0.5, 0.6) is 0 Å². The molecule has 0 heterocycles. The number of hydrogen-bond acceptors (Lipinski definition) is 5. The van der Waals surface area contributed by atoms with Gasteiger partial charge in [-0.05, 0) is 62.2 Å². The van der Waals surface area contributed by atoms with Crippen LogP contribution >= 0.6 is 0 Å². The van der Waals surface area contributed by atoms with E-state index in [1.54, 1.807) is 0 Å². The largest absolute Gasteiger partial charge is 0.348 e. The fourth-order valence-electron chi connectivity index (χ4n) is 3.90. The molecule has 0 aliphatic rings. The van der Waals surface area contributed by atoms with Gasteiger partial charge in [0.25, 0.3) is 11.8 Å². The maximum Gasteiger partial charge on any atom is 0.265 e. The second-order valence-corrected chi connectivity index (χ2v) is 9.72. The monoisotopic (exact) mass is 521 g/mol. The van der Waals surface area contributed by atoms with Crippen LogP contribution in [-0.2, 0) is 27.3 Å². The lowest BCUT2D eigenvalue weighted by atomic mass is 10.0. The van der Waals surface area contributed by atoms with Crippen molar-refractivity contribution < 1.29 is 14.4 Å². The second kappa shape index (κ2) is 17.9. The molecule has 0 radical (unpaired) electrons. The SMILES string of the molecule is CC(C)CC(NCCCc1ccccc1)C(=O)NN(CCCCN)C(=O)/C=C/C(=O)NCc1ccccc1. The van der Waals surface area contributed by atoms with E-state index in [0.29, 0.717) is 51.4 Å². The van der Waals surface area contributed by atoms with Crippen LogP contribution in [0.2, 0.25) is 0 Å². The molecule has 5 N–H and O–H groups in total. The van der Waals surface area contributed by atoms with Crippen LogP contribution in [0.25, 0.3) is 0 Å². The van der Waals surface area contributed by atoms with Crippen molar-refractivity contribution >= 4 is 17.7 Å². The van der Waals surface area contributed by atoms with Crippen molar-refractivity contribution in [2.75, 3.05) is 19.6 Å². The molecular formula is C30H43N5O3. The van der Waals surface area contributed by atoms with Crippen molar-refractivity contribution in [3.8, 4) is 0 Å². The van der Waals surface area contributed by atoms with E-state index in [4.69, 9.17) is 5.73 Å². The first kappa shape index (κ1) is 30.7. The van der Waals surface area contributed by atoms with E-state index < -0.39 is 11.9 Å². The van der Waals surface area contributed by atoms with Gasteiger partial charge in [0, 0.05) is 25.2 Å². The van der Waals surface area contributed by atoms with Gasteiger partial charge >= 0.3 is 0 Å². The van der Waals surface area contributed by atoms with E-state index in [0.717, 1.165) is 18.4 Å². The van der Waals surface area contributed by atoms with Gasteiger partial charge < -0.3 is 16.4 Å². The molecule has 1 atom stereocenters. The van der Waals surface area contributed by atoms with Gasteiger partial charge in [0.1, 0.15) is 0 Å². The summed E-state index contributed by atoms with van der Waals surface area (Å²) in [5.41, 5.74) is 10.6. The molecule has 8 nitrogen and oxygen atoms in total. The summed E-state index contributed by atoms with van der Waals surface area (Å²) in [5, 5.41) is 7.40. The van der Waals surface area contributed by atoms with Gasteiger partial charge in [0.2, 0.25) is 5.91 Å². The van der Waals surface area contributed by atoms with Gasteiger partial charge in [-0.15, -0.1) is 0 Å². The molecule has 8 heteroatoms. The van der Waals surface area contributed by atoms with Crippen molar-refractivity contribution in [2.45, 2.75) is 58.5 Å². The molecule has 2 aromatic carbocycles. The van der Waals surface area contributed by atoms with Crippen molar-refractivity contribution in [2.24, 2.45) is 11.7 Å². The zero-order valence-electron chi connectivity index (χ0n) is 22.7. The quantitative estimate of drug-likeness (QED) is 0.154. The van der Waals surface area contributed by atoms with Crippen LogP contribution in [0.15, 0.2) is 72.8 Å². The maximum absolute atomic E-state index is 13.2. The smallest absolute Gasteiger partial charge is 0.265 e. The number of aryl methyl sites for hydroxylation is 1. The molecule has 0 saturated carbocycles. The zero-order chi connectivity index (χ0) is 27.6. The van der Waals surface area contributed by atoms with E-state index in [-0.39, 0.29) is 11.8 Å². The first-order valence-electron chi connectivity index (χ1n) is 13.5. The summed E-state index contributed by atoms with van der Waals surface area (Å²) in [5.74, 6) is -0.811. The van der Waals surface area contributed by atoms with Gasteiger partial charge in [-0.3, -0.25) is 24.8 Å². The van der Waals surface area contributed by atoms with Gasteiger partial charge in [0.15, 0.2) is 0 Å². The highest BCUT2D eigenvalue weighted by atomic mass is 16.2. The van der Waals surface area contributed by atoms with E-state index >= 15 is 0 Å². The predicted molar refractivity (Wildman–Crippen MR) is 152 cm³/mol. The minimum absolute atomic E-state index is 0.263. The standard InChI is InChI=1S/C30H43N5O3/c1-24(2)22-27(32-20-11-16-25-12-5-3-6-13-25)30(38)34-35(21-10-9-19-31)29(37)18-17-28(36)33-23-26-14-7-4-8-15-26/h3-8,12-15,17-18,24,27,32H,9-11,16,19-23,31H2,1-2H3,(H,33,36)(H,34,38)/b18-17+. The summed E-state index contributed by atoms with van der Waals surface area (Å²) >= 11 is 0. The fourth-order valence-corrected chi connectivity index (χ4v) is 3.90. The van der Waals surface area contributed by atoms with Crippen molar-refractivity contribution in [1.29, 1.82) is 0 Å². The number of unbranched alkanes of at least 4 members (excludes halogenated alkanes) is 1. The minimum Gasteiger partial charge on any atom is -0.348 e. The van der Waals surface area contributed by atoms with Gasteiger partial charge in [0.05, 0.1) is 6.04 Å². The highest BCUT2D eigenvalue weighted by molar-refractivity contribution is 5.97. The zero-order valence-corrected chi connectivity index (χ0v) is 22.7. The summed E-state index contributed by atoms with van der Waals surface area (Å²) in [6, 6.07) is 19.3. The lowest BCUT2D eigenvalue weighted by molar-refractivity contribution is -0.139. The highest BCUT2D eigenvalue weighted by Gasteiger charge is 2.23. The van der Waals surface area contributed by atoms with Crippen molar-refractivity contribution in [1.82, 2.24) is 21.1 Å². The van der Waals surface area contributed by atoms with Crippen LogP contribution < -0.4 is 21.8 Å². The topological polar surface area (TPSA) is 117 Å². The van der Waals surface area contributed by atoms with Gasteiger partial charge in [-0.2, -0.15) is 0 Å². The number of amides is 3. The predicted octanol–water partition coefficient (Wildman–Crippen LogP) is 3.09. The Morgan fingerprint density at radius 3 is 2.18 bits per heavy atom. The summed E-state index contributed by atoms with van der Waals surface area (Å²) < 4.78 is 0. The van der Waals surface area contributed by atoms with Gasteiger partial charge in [-0.1, -0.05) is 74.5 Å². The molecule has 38 heavy (non-hydrogen) atoms. The van der Waals surface area contributed by atoms with Crippen molar-refractivity contribution in [3.05, 3.63) is 83.9 Å². The van der Waals surface area contributed by atoms with Crippen LogP contribution in [0, 0.1) is 5.92 Å². The molecule has 0 spiro atoms. The maximum atomic E-state index is 13.2. The third kappa shape index (κ3) is 12.7. The number of carbonyl (C=O) groups is 3. The summed E-state index contributed by atoms with van der Waals surface area (Å²) in [6.45, 7) is 5.97. The van der Waals surface area contributed by atoms with Crippen molar-refractivity contribution in [3.63, 3.8) is 0 Å². The number of carbonyl (C=O) groups excluding carboxylic acids is 3. The Hall–Kier alpha value is -3.49. The Labute approximate surface area is 227 Å². The van der Waals surface area contributed by atoms with E-state index in [2.05, 4.69) is 42.0 Å². The molecule has 3 amide bonds. The summed E-state index contributed by atoms with van der Waals surface area (Å²) in [7, 11) is 0. The Kier molecular flexibility index (Phi) is 14.5. The first-order valence-corrected chi connectivity index (χ1v) is 13.5. The average molecular weight is 522 g/mol. The third-order valence-corrected chi connectivity index (χ3v) is 5.93. The summed E-state index contributed by atoms with van der Waals surface area (Å²) in [6.07, 6.45) is 6.19. The molecule has 0 saturated heterocycles. The van der Waals surface area contributed by atoms with E-state index in [9.17, 15) is 14.4 Å².